The largest absolute Gasteiger partial charge is 0.396 e. The van der Waals surface area contributed by atoms with Crippen LogP contribution in [0.3, 0.4) is 0 Å². The SMILES string of the molecule is O=C(N[C@@H](CCO)c1ccccc1)c1cc(Cl)c(Cl)[nH]1. The van der Waals surface area contributed by atoms with Crippen LogP contribution in [-0.2, 0) is 0 Å². The zero-order valence-corrected chi connectivity index (χ0v) is 12.1. The lowest BCUT2D eigenvalue weighted by Gasteiger charge is -2.17. The molecule has 106 valence electrons. The minimum Gasteiger partial charge on any atom is -0.396 e. The number of halogens is 2. The molecule has 2 aromatic rings. The summed E-state index contributed by atoms with van der Waals surface area (Å²) < 4.78 is 0. The number of H-pyrrole nitrogens is 1. The summed E-state index contributed by atoms with van der Waals surface area (Å²) in [5, 5.41) is 12.5. The number of aliphatic hydroxyl groups is 1. The van der Waals surface area contributed by atoms with E-state index in [1.54, 1.807) is 0 Å². The van der Waals surface area contributed by atoms with Crippen LogP contribution in [0.15, 0.2) is 36.4 Å². The number of aromatic nitrogens is 1. The average molecular weight is 313 g/mol. The lowest BCUT2D eigenvalue weighted by atomic mass is 10.0. The summed E-state index contributed by atoms with van der Waals surface area (Å²) in [5.74, 6) is -0.318. The van der Waals surface area contributed by atoms with Crippen LogP contribution >= 0.6 is 23.2 Å². The Hall–Kier alpha value is -1.49. The number of rotatable bonds is 5. The fourth-order valence-corrected chi connectivity index (χ4v) is 2.21. The fraction of sp³-hybridized carbons (Fsp3) is 0.214. The Balaban J connectivity index is 2.14. The lowest BCUT2D eigenvalue weighted by Crippen LogP contribution is -2.29. The first-order valence-electron chi connectivity index (χ1n) is 6.12. The molecule has 20 heavy (non-hydrogen) atoms. The Morgan fingerprint density at radius 2 is 2.00 bits per heavy atom. The van der Waals surface area contributed by atoms with Gasteiger partial charge >= 0.3 is 0 Å². The van der Waals surface area contributed by atoms with E-state index in [-0.39, 0.29) is 23.7 Å². The minimum absolute atomic E-state index is 0.0217. The van der Waals surface area contributed by atoms with E-state index in [9.17, 15) is 4.79 Å². The van der Waals surface area contributed by atoms with Crippen molar-refractivity contribution >= 4 is 29.1 Å². The van der Waals surface area contributed by atoms with Crippen LogP contribution < -0.4 is 5.32 Å². The number of carbonyl (C=O) groups excluding carboxylic acids is 1. The number of benzene rings is 1. The molecule has 1 atom stereocenters. The van der Waals surface area contributed by atoms with E-state index in [0.717, 1.165) is 5.56 Å². The molecule has 2 rings (SSSR count). The molecule has 3 N–H and O–H groups in total. The minimum atomic E-state index is -0.318. The predicted molar refractivity (Wildman–Crippen MR) is 79.2 cm³/mol. The number of aromatic amines is 1. The predicted octanol–water partition coefficient (Wildman–Crippen LogP) is 3.18. The Morgan fingerprint density at radius 3 is 2.55 bits per heavy atom. The molecule has 0 radical (unpaired) electrons. The molecule has 0 bridgehead atoms. The molecule has 0 fully saturated rings. The van der Waals surface area contributed by atoms with Gasteiger partial charge in [0.15, 0.2) is 0 Å². The topological polar surface area (TPSA) is 65.1 Å². The molecular formula is C14H14Cl2N2O2. The maximum Gasteiger partial charge on any atom is 0.268 e. The van der Waals surface area contributed by atoms with Crippen molar-refractivity contribution < 1.29 is 9.90 Å². The number of amides is 1. The molecule has 0 aliphatic carbocycles. The smallest absolute Gasteiger partial charge is 0.268 e. The Labute approximate surface area is 126 Å². The first kappa shape index (κ1) is 14.9. The summed E-state index contributed by atoms with van der Waals surface area (Å²) in [6.45, 7) is -0.0217. The van der Waals surface area contributed by atoms with E-state index < -0.39 is 0 Å². The van der Waals surface area contributed by atoms with E-state index in [0.29, 0.717) is 17.1 Å². The third-order valence-electron chi connectivity index (χ3n) is 2.89. The number of hydrogen-bond donors (Lipinski definition) is 3. The van der Waals surface area contributed by atoms with Gasteiger partial charge in [-0.3, -0.25) is 4.79 Å². The van der Waals surface area contributed by atoms with Crippen molar-refractivity contribution in [2.75, 3.05) is 6.61 Å². The van der Waals surface area contributed by atoms with E-state index in [1.807, 2.05) is 30.3 Å². The highest BCUT2D eigenvalue weighted by Gasteiger charge is 2.17. The van der Waals surface area contributed by atoms with Gasteiger partial charge in [0.25, 0.3) is 5.91 Å². The van der Waals surface area contributed by atoms with Crippen molar-refractivity contribution in [3.8, 4) is 0 Å². The van der Waals surface area contributed by atoms with E-state index in [1.165, 1.54) is 6.07 Å². The van der Waals surface area contributed by atoms with Crippen LogP contribution in [0.25, 0.3) is 0 Å². The van der Waals surface area contributed by atoms with Gasteiger partial charge in [-0.25, -0.2) is 0 Å². The van der Waals surface area contributed by atoms with Crippen LogP contribution in [0.1, 0.15) is 28.5 Å². The second kappa shape index (κ2) is 6.79. The lowest BCUT2D eigenvalue weighted by molar-refractivity contribution is 0.0925. The van der Waals surface area contributed by atoms with Crippen LogP contribution in [0.5, 0.6) is 0 Å². The van der Waals surface area contributed by atoms with E-state index in [4.69, 9.17) is 28.3 Å². The first-order chi connectivity index (χ1) is 9.61. The van der Waals surface area contributed by atoms with Gasteiger partial charge in [-0.15, -0.1) is 0 Å². The third-order valence-corrected chi connectivity index (χ3v) is 3.59. The number of hydrogen-bond acceptors (Lipinski definition) is 2. The summed E-state index contributed by atoms with van der Waals surface area (Å²) in [6, 6.07) is 10.7. The van der Waals surface area contributed by atoms with Gasteiger partial charge < -0.3 is 15.4 Å². The van der Waals surface area contributed by atoms with Crippen molar-refractivity contribution in [2.24, 2.45) is 0 Å². The number of carbonyl (C=O) groups is 1. The highest BCUT2D eigenvalue weighted by molar-refractivity contribution is 6.41. The van der Waals surface area contributed by atoms with Crippen molar-refractivity contribution in [1.29, 1.82) is 0 Å². The molecule has 4 nitrogen and oxygen atoms in total. The summed E-state index contributed by atoms with van der Waals surface area (Å²) in [4.78, 5) is 14.8. The fourth-order valence-electron chi connectivity index (χ4n) is 1.90. The molecule has 0 unspecified atom stereocenters. The summed E-state index contributed by atoms with van der Waals surface area (Å²) in [6.07, 6.45) is 0.428. The zero-order chi connectivity index (χ0) is 14.5. The van der Waals surface area contributed by atoms with Crippen molar-refractivity contribution in [3.63, 3.8) is 0 Å². The van der Waals surface area contributed by atoms with Crippen LogP contribution in [-0.4, -0.2) is 22.6 Å². The van der Waals surface area contributed by atoms with Gasteiger partial charge in [-0.05, 0) is 18.1 Å². The van der Waals surface area contributed by atoms with Crippen molar-refractivity contribution in [2.45, 2.75) is 12.5 Å². The van der Waals surface area contributed by atoms with Gasteiger partial charge in [0.05, 0.1) is 11.1 Å². The molecule has 0 aliphatic rings. The van der Waals surface area contributed by atoms with Crippen LogP contribution in [0.2, 0.25) is 10.2 Å². The molecule has 0 aliphatic heterocycles. The highest BCUT2D eigenvalue weighted by Crippen LogP contribution is 2.23. The van der Waals surface area contributed by atoms with E-state index in [2.05, 4.69) is 10.3 Å². The van der Waals surface area contributed by atoms with Crippen LogP contribution in [0.4, 0.5) is 0 Å². The quantitative estimate of drug-likeness (QED) is 0.794. The standard InChI is InChI=1S/C14H14Cl2N2O2/c15-10-8-12(17-13(10)16)14(20)18-11(6-7-19)9-4-2-1-3-5-9/h1-5,8,11,17,19H,6-7H2,(H,18,20)/t11-/m0/s1. The third kappa shape index (κ3) is 3.54. The Morgan fingerprint density at radius 1 is 1.30 bits per heavy atom. The molecule has 0 spiro atoms. The normalized spacial score (nSPS) is 12.2. The highest BCUT2D eigenvalue weighted by atomic mass is 35.5. The van der Waals surface area contributed by atoms with Gasteiger partial charge in [0.1, 0.15) is 10.8 Å². The monoisotopic (exact) mass is 312 g/mol. The van der Waals surface area contributed by atoms with Crippen LogP contribution in [0, 0.1) is 0 Å². The molecule has 1 aromatic heterocycles. The molecule has 1 heterocycles. The molecule has 1 amide bonds. The zero-order valence-electron chi connectivity index (χ0n) is 10.6. The van der Waals surface area contributed by atoms with Gasteiger partial charge in [-0.2, -0.15) is 0 Å². The molecule has 0 saturated carbocycles. The van der Waals surface area contributed by atoms with Crippen molar-refractivity contribution in [1.82, 2.24) is 10.3 Å². The van der Waals surface area contributed by atoms with Crippen molar-refractivity contribution in [3.05, 3.63) is 57.8 Å². The summed E-state index contributed by atoms with van der Waals surface area (Å²) in [7, 11) is 0. The van der Waals surface area contributed by atoms with E-state index >= 15 is 0 Å². The summed E-state index contributed by atoms with van der Waals surface area (Å²) in [5.41, 5.74) is 1.22. The van der Waals surface area contributed by atoms with Gasteiger partial charge in [-0.1, -0.05) is 53.5 Å². The van der Waals surface area contributed by atoms with Gasteiger partial charge in [0.2, 0.25) is 0 Å². The molecule has 6 heteroatoms. The second-order valence-electron chi connectivity index (χ2n) is 4.29. The molecule has 0 saturated heterocycles. The molecular weight excluding hydrogens is 299 g/mol. The number of aliphatic hydroxyl groups excluding tert-OH is 1. The average Bonchev–Trinajstić information content (AvgIpc) is 2.79. The molecule has 1 aromatic carbocycles. The Bertz CT molecular complexity index is 565. The number of nitrogens with one attached hydrogen (secondary N) is 2. The second-order valence-corrected chi connectivity index (χ2v) is 5.08. The first-order valence-corrected chi connectivity index (χ1v) is 6.88. The Kier molecular flexibility index (Phi) is 5.06. The summed E-state index contributed by atoms with van der Waals surface area (Å²) >= 11 is 11.6. The maximum atomic E-state index is 12.1. The van der Waals surface area contributed by atoms with Gasteiger partial charge in [0, 0.05) is 6.61 Å². The maximum absolute atomic E-state index is 12.1.